The fourth-order valence-corrected chi connectivity index (χ4v) is 6.10. The van der Waals surface area contributed by atoms with Gasteiger partial charge in [-0.15, -0.1) is 0 Å². The topological polar surface area (TPSA) is 0 Å². The molecule has 0 atom stereocenters. The Balaban J connectivity index is 1.46. The molecule has 2 aliphatic rings. The molecular formula is C34H20. The van der Waals surface area contributed by atoms with Crippen LogP contribution in [-0.4, -0.2) is 0 Å². The van der Waals surface area contributed by atoms with Crippen molar-refractivity contribution >= 4 is 10.8 Å². The molecule has 0 fully saturated rings. The van der Waals surface area contributed by atoms with Crippen LogP contribution in [0.15, 0.2) is 121 Å². The normalized spacial score (nSPS) is 12.1. The molecule has 0 saturated heterocycles. The molecule has 6 aromatic rings. The Kier molecular flexibility index (Phi) is 3.48. The van der Waals surface area contributed by atoms with E-state index >= 15 is 0 Å². The van der Waals surface area contributed by atoms with Gasteiger partial charge in [0.15, 0.2) is 0 Å². The maximum absolute atomic E-state index is 2.33. The third kappa shape index (κ3) is 2.23. The van der Waals surface area contributed by atoms with Crippen LogP contribution in [0.25, 0.3) is 77.5 Å². The maximum Gasteiger partial charge on any atom is -0.00199 e. The number of hydrogen-bond donors (Lipinski definition) is 0. The maximum atomic E-state index is 2.33. The van der Waals surface area contributed by atoms with Crippen molar-refractivity contribution in [1.82, 2.24) is 0 Å². The molecule has 0 heteroatoms. The van der Waals surface area contributed by atoms with E-state index < -0.39 is 0 Å². The highest BCUT2D eigenvalue weighted by Gasteiger charge is 2.29. The van der Waals surface area contributed by atoms with Gasteiger partial charge >= 0.3 is 0 Å². The second-order valence-corrected chi connectivity index (χ2v) is 9.26. The van der Waals surface area contributed by atoms with E-state index in [9.17, 15) is 0 Å². The van der Waals surface area contributed by atoms with E-state index in [1.807, 2.05) is 0 Å². The van der Waals surface area contributed by atoms with Gasteiger partial charge in [0, 0.05) is 0 Å². The van der Waals surface area contributed by atoms with Gasteiger partial charge in [0.05, 0.1) is 0 Å². The zero-order valence-corrected chi connectivity index (χ0v) is 18.5. The molecule has 156 valence electrons. The van der Waals surface area contributed by atoms with E-state index in [0.29, 0.717) is 0 Å². The van der Waals surface area contributed by atoms with Gasteiger partial charge < -0.3 is 0 Å². The van der Waals surface area contributed by atoms with E-state index in [-0.39, 0.29) is 0 Å². The Hall–Kier alpha value is -4.42. The molecule has 0 radical (unpaired) electrons. The first-order chi connectivity index (χ1) is 16.9. The average molecular weight is 429 g/mol. The van der Waals surface area contributed by atoms with Crippen molar-refractivity contribution in [2.45, 2.75) is 0 Å². The van der Waals surface area contributed by atoms with Gasteiger partial charge in [0.1, 0.15) is 0 Å². The van der Waals surface area contributed by atoms with Gasteiger partial charge in [-0.25, -0.2) is 0 Å². The molecule has 0 aliphatic heterocycles. The molecule has 8 rings (SSSR count). The fraction of sp³-hybridized carbons (Fsp3) is 0. The summed E-state index contributed by atoms with van der Waals surface area (Å²) >= 11 is 0. The predicted octanol–water partition coefficient (Wildman–Crippen LogP) is 9.47. The monoisotopic (exact) mass is 428 g/mol. The van der Waals surface area contributed by atoms with Crippen molar-refractivity contribution < 1.29 is 0 Å². The molecule has 6 aromatic carbocycles. The smallest absolute Gasteiger partial charge is 0.00199 e. The van der Waals surface area contributed by atoms with E-state index in [4.69, 9.17) is 0 Å². The first kappa shape index (κ1) is 18.1. The summed E-state index contributed by atoms with van der Waals surface area (Å²) in [7, 11) is 0. The summed E-state index contributed by atoms with van der Waals surface area (Å²) in [6.07, 6.45) is 0. The van der Waals surface area contributed by atoms with Crippen LogP contribution in [0.3, 0.4) is 0 Å². The first-order valence-electron chi connectivity index (χ1n) is 11.9. The van der Waals surface area contributed by atoms with Crippen LogP contribution in [0, 0.1) is 0 Å². The summed E-state index contributed by atoms with van der Waals surface area (Å²) in [5.74, 6) is 0. The van der Waals surface area contributed by atoms with E-state index in [0.717, 1.165) is 0 Å². The van der Waals surface area contributed by atoms with E-state index in [1.165, 1.54) is 77.5 Å². The quantitative estimate of drug-likeness (QED) is 0.257. The van der Waals surface area contributed by atoms with Crippen molar-refractivity contribution in [3.05, 3.63) is 121 Å². The Bertz CT molecular complexity index is 1800. The highest BCUT2D eigenvalue weighted by Crippen LogP contribution is 2.56. The third-order valence-corrected chi connectivity index (χ3v) is 7.59. The van der Waals surface area contributed by atoms with Gasteiger partial charge in [-0.1, -0.05) is 121 Å². The summed E-state index contributed by atoms with van der Waals surface area (Å²) < 4.78 is 0. The van der Waals surface area contributed by atoms with Crippen LogP contribution < -0.4 is 0 Å². The van der Waals surface area contributed by atoms with Crippen LogP contribution >= 0.6 is 0 Å². The lowest BCUT2D eigenvalue weighted by atomic mass is 9.73. The molecule has 0 N–H and O–H groups in total. The van der Waals surface area contributed by atoms with Gasteiger partial charge in [0.25, 0.3) is 0 Å². The van der Waals surface area contributed by atoms with Crippen molar-refractivity contribution in [2.75, 3.05) is 0 Å². The molecule has 0 amide bonds. The van der Waals surface area contributed by atoms with Gasteiger partial charge in [-0.3, -0.25) is 0 Å². The molecule has 2 aliphatic carbocycles. The van der Waals surface area contributed by atoms with E-state index in [2.05, 4.69) is 121 Å². The first-order valence-corrected chi connectivity index (χ1v) is 11.9. The van der Waals surface area contributed by atoms with Crippen molar-refractivity contribution in [2.24, 2.45) is 0 Å². The SMILES string of the molecule is c1ccc2c(c1)-c1cccc(-c3ccc4ccccc4c3-c3cccc4c3-c3ccccc3-4)c1-2. The predicted molar refractivity (Wildman–Crippen MR) is 144 cm³/mol. The largest absolute Gasteiger partial charge is 0.0616 e. The van der Waals surface area contributed by atoms with Crippen molar-refractivity contribution in [3.63, 3.8) is 0 Å². The fourth-order valence-electron chi connectivity index (χ4n) is 6.10. The molecule has 0 aromatic heterocycles. The molecule has 0 nitrogen and oxygen atoms in total. The summed E-state index contributed by atoms with van der Waals surface area (Å²) in [6.45, 7) is 0. The lowest BCUT2D eigenvalue weighted by Gasteiger charge is -2.30. The molecule has 0 saturated carbocycles. The van der Waals surface area contributed by atoms with Gasteiger partial charge in [-0.2, -0.15) is 0 Å². The Morgan fingerprint density at radius 1 is 0.235 bits per heavy atom. The summed E-state index contributed by atoms with van der Waals surface area (Å²) in [4.78, 5) is 0. The minimum absolute atomic E-state index is 1.28. The molecule has 34 heavy (non-hydrogen) atoms. The highest BCUT2D eigenvalue weighted by atomic mass is 14.3. The van der Waals surface area contributed by atoms with Gasteiger partial charge in [-0.05, 0) is 77.5 Å². The molecule has 0 spiro atoms. The summed E-state index contributed by atoms with van der Waals surface area (Å²) in [5.41, 5.74) is 16.2. The van der Waals surface area contributed by atoms with Crippen LogP contribution in [0.1, 0.15) is 0 Å². The Morgan fingerprint density at radius 3 is 1.35 bits per heavy atom. The standard InChI is InChI=1S/C34H20/c1-2-10-22-21(9-1)19-20-30(29-17-7-15-27-23-11-3-5-13-25(23)33(27)29)32(22)31-18-8-16-28-24-12-4-6-14-26(24)34(28)31/h1-20H. The lowest BCUT2D eigenvalue weighted by molar-refractivity contribution is 1.49. The second kappa shape index (κ2) is 6.56. The number of fused-ring (bicyclic) bond motifs is 9. The highest BCUT2D eigenvalue weighted by molar-refractivity contribution is 6.17. The zero-order valence-electron chi connectivity index (χ0n) is 18.5. The van der Waals surface area contributed by atoms with Crippen molar-refractivity contribution in [1.29, 1.82) is 0 Å². The summed E-state index contributed by atoms with van der Waals surface area (Å²) in [5, 5.41) is 2.59. The van der Waals surface area contributed by atoms with Crippen LogP contribution in [0.5, 0.6) is 0 Å². The van der Waals surface area contributed by atoms with E-state index in [1.54, 1.807) is 0 Å². The Morgan fingerprint density at radius 2 is 0.676 bits per heavy atom. The van der Waals surface area contributed by atoms with Crippen LogP contribution in [-0.2, 0) is 0 Å². The van der Waals surface area contributed by atoms with Gasteiger partial charge in [0.2, 0.25) is 0 Å². The van der Waals surface area contributed by atoms with Crippen LogP contribution in [0.4, 0.5) is 0 Å². The minimum Gasteiger partial charge on any atom is -0.0616 e. The molecule has 0 heterocycles. The average Bonchev–Trinajstić information content (AvgIpc) is 2.89. The summed E-state index contributed by atoms with van der Waals surface area (Å²) in [6, 6.07) is 44.5. The molecule has 0 unspecified atom stereocenters. The second-order valence-electron chi connectivity index (χ2n) is 9.26. The van der Waals surface area contributed by atoms with Crippen LogP contribution in [0.2, 0.25) is 0 Å². The zero-order chi connectivity index (χ0) is 22.2. The minimum atomic E-state index is 1.28. The molecule has 0 bridgehead atoms. The number of rotatable bonds is 2. The molecular weight excluding hydrogens is 408 g/mol. The lowest BCUT2D eigenvalue weighted by Crippen LogP contribution is -2.03. The van der Waals surface area contributed by atoms with Crippen molar-refractivity contribution in [3.8, 4) is 66.8 Å². The Labute approximate surface area is 198 Å². The number of hydrogen-bond acceptors (Lipinski definition) is 0. The number of benzene rings is 6. The third-order valence-electron chi connectivity index (χ3n) is 7.59.